The second-order valence-corrected chi connectivity index (χ2v) is 7.65. The number of benzene rings is 2. The maximum absolute atomic E-state index is 13.2. The van der Waals surface area contributed by atoms with Gasteiger partial charge in [-0.05, 0) is 51.5 Å². The molecule has 1 atom stereocenters. The Morgan fingerprint density at radius 3 is 2.20 bits per heavy atom. The number of para-hydroxylation sites is 1. The summed E-state index contributed by atoms with van der Waals surface area (Å²) in [7, 11) is 1.19. The fraction of sp³-hybridized carbons (Fsp3) is 0.364. The van der Waals surface area contributed by atoms with E-state index in [9.17, 15) is 22.8 Å². The molecule has 2 aromatic rings. The van der Waals surface area contributed by atoms with Gasteiger partial charge in [-0.25, -0.2) is 9.59 Å². The van der Waals surface area contributed by atoms with Crippen LogP contribution in [0.5, 0.6) is 0 Å². The molecule has 0 N–H and O–H groups in total. The predicted molar refractivity (Wildman–Crippen MR) is 107 cm³/mol. The fourth-order valence-corrected chi connectivity index (χ4v) is 2.84. The largest absolute Gasteiger partial charge is 0.467 e. The highest BCUT2D eigenvalue weighted by molar-refractivity contribution is 5.99. The molecule has 0 aliphatic rings. The van der Waals surface area contributed by atoms with Crippen molar-refractivity contribution in [2.45, 2.75) is 45.5 Å². The van der Waals surface area contributed by atoms with Gasteiger partial charge in [-0.3, -0.25) is 4.90 Å². The molecule has 0 radical (unpaired) electrons. The summed E-state index contributed by atoms with van der Waals surface area (Å²) >= 11 is 0. The number of nitrogens with zero attached hydrogens (tertiary/aromatic N) is 1. The molecule has 30 heavy (non-hydrogen) atoms. The van der Waals surface area contributed by atoms with Crippen LogP contribution < -0.4 is 4.90 Å². The average Bonchev–Trinajstić information content (AvgIpc) is 2.66. The molecule has 162 valence electrons. The van der Waals surface area contributed by atoms with E-state index in [0.717, 1.165) is 17.0 Å². The van der Waals surface area contributed by atoms with Crippen LogP contribution in [0, 0.1) is 0 Å². The zero-order chi connectivity index (χ0) is 22.7. The molecule has 0 bridgehead atoms. The third-order valence-corrected chi connectivity index (χ3v) is 4.18. The first-order valence-electron chi connectivity index (χ1n) is 9.22. The second kappa shape index (κ2) is 8.77. The molecule has 0 spiro atoms. The molecular weight excluding hydrogens is 399 g/mol. The highest BCUT2D eigenvalue weighted by Gasteiger charge is 2.34. The van der Waals surface area contributed by atoms with Crippen LogP contribution in [0.1, 0.15) is 33.3 Å². The van der Waals surface area contributed by atoms with Gasteiger partial charge in [0.05, 0.1) is 18.4 Å². The minimum Gasteiger partial charge on any atom is -0.467 e. The zero-order valence-corrected chi connectivity index (χ0v) is 17.4. The van der Waals surface area contributed by atoms with Gasteiger partial charge in [-0.1, -0.05) is 30.3 Å². The van der Waals surface area contributed by atoms with Crippen molar-refractivity contribution in [2.75, 3.05) is 12.0 Å². The topological polar surface area (TPSA) is 55.8 Å². The van der Waals surface area contributed by atoms with Crippen LogP contribution in [0.3, 0.4) is 0 Å². The number of hydrogen-bond acceptors (Lipinski definition) is 4. The molecule has 0 heterocycles. The number of hydrogen-bond donors (Lipinski definition) is 0. The Balaban J connectivity index is 2.64. The van der Waals surface area contributed by atoms with E-state index in [1.807, 2.05) is 0 Å². The van der Waals surface area contributed by atoms with Crippen LogP contribution >= 0.6 is 0 Å². The van der Waals surface area contributed by atoms with E-state index < -0.39 is 35.4 Å². The van der Waals surface area contributed by atoms with Gasteiger partial charge in [0, 0.05) is 5.56 Å². The van der Waals surface area contributed by atoms with E-state index >= 15 is 0 Å². The fourth-order valence-electron chi connectivity index (χ4n) is 2.84. The molecule has 1 amide bonds. The van der Waals surface area contributed by atoms with Gasteiger partial charge in [-0.15, -0.1) is 0 Å². The number of esters is 1. The third-order valence-electron chi connectivity index (χ3n) is 4.18. The molecule has 0 saturated carbocycles. The molecule has 8 heteroatoms. The lowest BCUT2D eigenvalue weighted by atomic mass is 10.00. The number of halogens is 3. The SMILES string of the molecule is COC(=O)[C@H](C)N(C(=O)OC(C)(C)C)c1ccccc1-c1cccc(C(F)(F)F)c1. The Bertz CT molecular complexity index is 919. The maximum atomic E-state index is 13.2. The van der Waals surface area contributed by atoms with E-state index in [4.69, 9.17) is 9.47 Å². The van der Waals surface area contributed by atoms with Gasteiger partial charge >= 0.3 is 18.2 Å². The summed E-state index contributed by atoms with van der Waals surface area (Å²) < 4.78 is 49.8. The summed E-state index contributed by atoms with van der Waals surface area (Å²) in [5, 5.41) is 0. The van der Waals surface area contributed by atoms with Crippen molar-refractivity contribution in [3.8, 4) is 11.1 Å². The van der Waals surface area contributed by atoms with Crippen molar-refractivity contribution in [2.24, 2.45) is 0 Å². The van der Waals surface area contributed by atoms with Crippen molar-refractivity contribution >= 4 is 17.7 Å². The quantitative estimate of drug-likeness (QED) is 0.594. The lowest BCUT2D eigenvalue weighted by Crippen LogP contribution is -2.46. The summed E-state index contributed by atoms with van der Waals surface area (Å²) in [6.07, 6.45) is -5.34. The molecule has 2 rings (SSSR count). The first-order valence-corrected chi connectivity index (χ1v) is 9.22. The Morgan fingerprint density at radius 2 is 1.63 bits per heavy atom. The molecule has 0 aromatic heterocycles. The molecule has 0 aliphatic carbocycles. The molecule has 0 saturated heterocycles. The van der Waals surface area contributed by atoms with Crippen LogP contribution in [0.15, 0.2) is 48.5 Å². The van der Waals surface area contributed by atoms with E-state index in [2.05, 4.69) is 0 Å². The van der Waals surface area contributed by atoms with Crippen molar-refractivity contribution in [3.63, 3.8) is 0 Å². The van der Waals surface area contributed by atoms with Gasteiger partial charge in [0.2, 0.25) is 0 Å². The predicted octanol–water partition coefficient (Wildman–Crippen LogP) is 5.68. The van der Waals surface area contributed by atoms with Crippen molar-refractivity contribution in [1.29, 1.82) is 0 Å². The normalized spacial score (nSPS) is 12.8. The smallest absolute Gasteiger partial charge is 0.416 e. The maximum Gasteiger partial charge on any atom is 0.416 e. The second-order valence-electron chi connectivity index (χ2n) is 7.65. The Kier molecular flexibility index (Phi) is 6.80. The first kappa shape index (κ1) is 23.3. The van der Waals surface area contributed by atoms with E-state index in [0.29, 0.717) is 5.56 Å². The minimum atomic E-state index is -4.52. The number of rotatable bonds is 4. The number of ether oxygens (including phenoxy) is 2. The number of carbonyl (C=O) groups is 2. The zero-order valence-electron chi connectivity index (χ0n) is 17.4. The summed E-state index contributed by atoms with van der Waals surface area (Å²) in [6.45, 7) is 6.47. The number of anilines is 1. The van der Waals surface area contributed by atoms with Crippen LogP contribution in [0.2, 0.25) is 0 Å². The average molecular weight is 423 g/mol. The number of carbonyl (C=O) groups excluding carboxylic acids is 2. The summed E-state index contributed by atoms with van der Waals surface area (Å²) in [5.74, 6) is -0.695. The molecular formula is C22H24F3NO4. The molecule has 2 aromatic carbocycles. The highest BCUT2D eigenvalue weighted by Crippen LogP contribution is 2.37. The summed E-state index contributed by atoms with van der Waals surface area (Å²) in [5.41, 5.74) is -0.865. The summed E-state index contributed by atoms with van der Waals surface area (Å²) in [4.78, 5) is 26.2. The highest BCUT2D eigenvalue weighted by atomic mass is 19.4. The Labute approximate surface area is 173 Å². The Hall–Kier alpha value is -3.03. The lowest BCUT2D eigenvalue weighted by Gasteiger charge is -2.31. The van der Waals surface area contributed by atoms with E-state index in [1.165, 1.54) is 26.2 Å². The third kappa shape index (κ3) is 5.52. The van der Waals surface area contributed by atoms with E-state index in [-0.39, 0.29) is 11.3 Å². The van der Waals surface area contributed by atoms with Crippen LogP contribution in [-0.4, -0.2) is 30.8 Å². The van der Waals surface area contributed by atoms with Crippen LogP contribution in [0.25, 0.3) is 11.1 Å². The van der Waals surface area contributed by atoms with Gasteiger partial charge in [-0.2, -0.15) is 13.2 Å². The van der Waals surface area contributed by atoms with Crippen molar-refractivity contribution < 1.29 is 32.2 Å². The molecule has 0 fully saturated rings. The molecule has 0 unspecified atom stereocenters. The van der Waals surface area contributed by atoms with Gasteiger partial charge in [0.25, 0.3) is 0 Å². The molecule has 5 nitrogen and oxygen atoms in total. The van der Waals surface area contributed by atoms with Gasteiger partial charge in [0.15, 0.2) is 0 Å². The van der Waals surface area contributed by atoms with Crippen LogP contribution in [-0.2, 0) is 20.4 Å². The van der Waals surface area contributed by atoms with Crippen molar-refractivity contribution in [3.05, 3.63) is 54.1 Å². The van der Waals surface area contributed by atoms with Crippen LogP contribution in [0.4, 0.5) is 23.7 Å². The number of methoxy groups -OCH3 is 1. The van der Waals surface area contributed by atoms with Crippen molar-refractivity contribution in [1.82, 2.24) is 0 Å². The number of alkyl halides is 3. The molecule has 0 aliphatic heterocycles. The monoisotopic (exact) mass is 423 g/mol. The summed E-state index contributed by atoms with van der Waals surface area (Å²) in [6, 6.07) is 10.1. The lowest BCUT2D eigenvalue weighted by molar-refractivity contribution is -0.141. The minimum absolute atomic E-state index is 0.226. The number of amides is 1. The van der Waals surface area contributed by atoms with E-state index in [1.54, 1.807) is 45.0 Å². The standard InChI is InChI=1S/C22H24F3NO4/c1-14(19(27)29-5)26(20(28)30-21(2,3)4)18-12-7-6-11-17(18)15-9-8-10-16(13-15)22(23,24)25/h6-14H,1-5H3/t14-/m0/s1. The first-order chi connectivity index (χ1) is 13.8. The van der Waals surface area contributed by atoms with Gasteiger partial charge < -0.3 is 9.47 Å². The Morgan fingerprint density at radius 1 is 1.00 bits per heavy atom. The van der Waals surface area contributed by atoms with Gasteiger partial charge in [0.1, 0.15) is 11.6 Å².